The number of anilines is 1. The highest BCUT2D eigenvalue weighted by atomic mass is 32.2. The van der Waals surface area contributed by atoms with Crippen LogP contribution in [-0.2, 0) is 4.79 Å². The number of carbonyl (C=O) groups excluding carboxylic acids is 1. The third kappa shape index (κ3) is 4.48. The van der Waals surface area contributed by atoms with Crippen molar-refractivity contribution < 1.29 is 4.79 Å². The molecule has 0 saturated carbocycles. The molecule has 6 heteroatoms. The summed E-state index contributed by atoms with van der Waals surface area (Å²) in [5, 5.41) is 7.27. The van der Waals surface area contributed by atoms with Crippen molar-refractivity contribution >= 4 is 23.4 Å². The normalized spacial score (nSPS) is 10.7. The second kappa shape index (κ2) is 7.53. The van der Waals surface area contributed by atoms with Crippen LogP contribution in [0.2, 0.25) is 0 Å². The molecule has 2 aromatic heterocycles. The van der Waals surface area contributed by atoms with Gasteiger partial charge in [0.25, 0.3) is 0 Å². The van der Waals surface area contributed by atoms with Gasteiger partial charge in [0.15, 0.2) is 5.82 Å². The Bertz CT molecular complexity index is 869. The highest BCUT2D eigenvalue weighted by molar-refractivity contribution is 8.00. The predicted octanol–water partition coefficient (Wildman–Crippen LogP) is 3.92. The average Bonchev–Trinajstić information content (AvgIpc) is 2.93. The molecule has 0 saturated heterocycles. The number of aryl methyl sites for hydroxylation is 3. The topological polar surface area (TPSA) is 59.8 Å². The number of carbonyl (C=O) groups is 1. The Morgan fingerprint density at radius 3 is 2.48 bits per heavy atom. The van der Waals surface area contributed by atoms with Gasteiger partial charge < -0.3 is 5.32 Å². The van der Waals surface area contributed by atoms with E-state index in [0.717, 1.165) is 22.1 Å². The van der Waals surface area contributed by atoms with Gasteiger partial charge in [-0.25, -0.2) is 9.67 Å². The summed E-state index contributed by atoms with van der Waals surface area (Å²) in [4.78, 5) is 17.6. The summed E-state index contributed by atoms with van der Waals surface area (Å²) in [6.07, 6.45) is 1.65. The SMILES string of the molecule is Cc1ccc(SCC(=O)Nc2ccc(-n3nc(C)cc3C)nc2)cc1. The molecule has 25 heavy (non-hydrogen) atoms. The summed E-state index contributed by atoms with van der Waals surface area (Å²) < 4.78 is 1.79. The molecule has 0 atom stereocenters. The van der Waals surface area contributed by atoms with E-state index in [1.54, 1.807) is 10.9 Å². The van der Waals surface area contributed by atoms with Crippen molar-refractivity contribution in [2.45, 2.75) is 25.7 Å². The van der Waals surface area contributed by atoms with E-state index >= 15 is 0 Å². The average molecular weight is 352 g/mol. The van der Waals surface area contributed by atoms with Crippen LogP contribution in [0.5, 0.6) is 0 Å². The zero-order valence-corrected chi connectivity index (χ0v) is 15.3. The van der Waals surface area contributed by atoms with Gasteiger partial charge in [0, 0.05) is 10.6 Å². The summed E-state index contributed by atoms with van der Waals surface area (Å²) >= 11 is 1.51. The number of nitrogens with zero attached hydrogens (tertiary/aromatic N) is 3. The molecule has 0 bridgehead atoms. The predicted molar refractivity (Wildman–Crippen MR) is 101 cm³/mol. The lowest BCUT2D eigenvalue weighted by molar-refractivity contribution is -0.113. The van der Waals surface area contributed by atoms with Crippen molar-refractivity contribution in [1.29, 1.82) is 0 Å². The Hall–Kier alpha value is -2.60. The third-order valence-electron chi connectivity index (χ3n) is 3.65. The van der Waals surface area contributed by atoms with E-state index in [2.05, 4.69) is 15.4 Å². The van der Waals surface area contributed by atoms with E-state index in [1.165, 1.54) is 17.3 Å². The summed E-state index contributed by atoms with van der Waals surface area (Å²) in [5.74, 6) is 1.05. The van der Waals surface area contributed by atoms with Gasteiger partial charge in [-0.3, -0.25) is 4.79 Å². The first-order valence-electron chi connectivity index (χ1n) is 8.00. The van der Waals surface area contributed by atoms with E-state index in [0.29, 0.717) is 11.4 Å². The first-order valence-corrected chi connectivity index (χ1v) is 8.99. The van der Waals surface area contributed by atoms with Crippen LogP contribution < -0.4 is 5.32 Å². The Kier molecular flexibility index (Phi) is 5.19. The molecule has 0 spiro atoms. The zero-order valence-electron chi connectivity index (χ0n) is 14.5. The molecule has 0 aliphatic heterocycles. The van der Waals surface area contributed by atoms with Gasteiger partial charge in [-0.05, 0) is 51.1 Å². The quantitative estimate of drug-likeness (QED) is 0.707. The van der Waals surface area contributed by atoms with Crippen molar-refractivity contribution in [3.05, 3.63) is 65.6 Å². The van der Waals surface area contributed by atoms with Gasteiger partial charge in [0.2, 0.25) is 5.91 Å². The highest BCUT2D eigenvalue weighted by Gasteiger charge is 2.07. The number of benzene rings is 1. The van der Waals surface area contributed by atoms with Gasteiger partial charge in [0.05, 0.1) is 23.3 Å². The smallest absolute Gasteiger partial charge is 0.234 e. The minimum Gasteiger partial charge on any atom is -0.324 e. The Balaban J connectivity index is 1.58. The van der Waals surface area contributed by atoms with Crippen LogP contribution >= 0.6 is 11.8 Å². The van der Waals surface area contributed by atoms with Crippen molar-refractivity contribution in [1.82, 2.24) is 14.8 Å². The summed E-state index contributed by atoms with van der Waals surface area (Å²) in [7, 11) is 0. The van der Waals surface area contributed by atoms with E-state index in [-0.39, 0.29) is 5.91 Å². The molecule has 3 aromatic rings. The largest absolute Gasteiger partial charge is 0.324 e. The van der Waals surface area contributed by atoms with Crippen molar-refractivity contribution in [3.8, 4) is 5.82 Å². The Morgan fingerprint density at radius 2 is 1.88 bits per heavy atom. The van der Waals surface area contributed by atoms with E-state index in [4.69, 9.17) is 0 Å². The van der Waals surface area contributed by atoms with Crippen LogP contribution in [0.3, 0.4) is 0 Å². The number of hydrogen-bond acceptors (Lipinski definition) is 4. The molecule has 1 amide bonds. The fraction of sp³-hybridized carbons (Fsp3) is 0.211. The van der Waals surface area contributed by atoms with Crippen LogP contribution in [0.25, 0.3) is 5.82 Å². The van der Waals surface area contributed by atoms with Crippen LogP contribution in [0.1, 0.15) is 17.0 Å². The van der Waals surface area contributed by atoms with Crippen molar-refractivity contribution in [2.75, 3.05) is 11.1 Å². The molecule has 0 aliphatic rings. The van der Waals surface area contributed by atoms with Crippen molar-refractivity contribution in [2.24, 2.45) is 0 Å². The second-order valence-electron chi connectivity index (χ2n) is 5.89. The molecule has 5 nitrogen and oxygen atoms in total. The maximum Gasteiger partial charge on any atom is 0.234 e. The Labute approximate surface area is 151 Å². The number of amides is 1. The van der Waals surface area contributed by atoms with Crippen LogP contribution in [-0.4, -0.2) is 26.4 Å². The fourth-order valence-electron chi connectivity index (χ4n) is 2.43. The van der Waals surface area contributed by atoms with Crippen molar-refractivity contribution in [3.63, 3.8) is 0 Å². The van der Waals surface area contributed by atoms with Crippen LogP contribution in [0.15, 0.2) is 53.6 Å². The van der Waals surface area contributed by atoms with Gasteiger partial charge >= 0.3 is 0 Å². The van der Waals surface area contributed by atoms with Crippen LogP contribution in [0.4, 0.5) is 5.69 Å². The Morgan fingerprint density at radius 1 is 1.12 bits per heavy atom. The molecule has 0 aliphatic carbocycles. The summed E-state index contributed by atoms with van der Waals surface area (Å²) in [6, 6.07) is 13.8. The zero-order chi connectivity index (χ0) is 17.8. The van der Waals surface area contributed by atoms with Gasteiger partial charge in [-0.1, -0.05) is 17.7 Å². The molecule has 3 rings (SSSR count). The third-order valence-corrected chi connectivity index (χ3v) is 4.66. The first-order chi connectivity index (χ1) is 12.0. The lowest BCUT2D eigenvalue weighted by atomic mass is 10.2. The maximum atomic E-state index is 12.1. The number of nitrogens with one attached hydrogen (secondary N) is 1. The van der Waals surface area contributed by atoms with Gasteiger partial charge in [-0.2, -0.15) is 5.10 Å². The molecule has 1 aromatic carbocycles. The maximum absolute atomic E-state index is 12.1. The number of rotatable bonds is 5. The monoisotopic (exact) mass is 352 g/mol. The fourth-order valence-corrected chi connectivity index (χ4v) is 3.13. The lowest BCUT2D eigenvalue weighted by Crippen LogP contribution is -2.14. The summed E-state index contributed by atoms with van der Waals surface area (Å²) in [6.45, 7) is 5.98. The van der Waals surface area contributed by atoms with E-state index < -0.39 is 0 Å². The molecule has 0 unspecified atom stereocenters. The highest BCUT2D eigenvalue weighted by Crippen LogP contribution is 2.19. The molecule has 0 radical (unpaired) electrons. The standard InChI is InChI=1S/C19H20N4OS/c1-13-4-7-17(8-5-13)25-12-19(24)21-16-6-9-18(20-11-16)23-15(3)10-14(2)22-23/h4-11H,12H2,1-3H3,(H,21,24). The molecule has 1 N–H and O–H groups in total. The minimum atomic E-state index is -0.0498. The van der Waals surface area contributed by atoms with Crippen LogP contribution in [0, 0.1) is 20.8 Å². The number of aromatic nitrogens is 3. The number of thioether (sulfide) groups is 1. The number of hydrogen-bond donors (Lipinski definition) is 1. The summed E-state index contributed by atoms with van der Waals surface area (Å²) in [5.41, 5.74) is 3.86. The first kappa shape index (κ1) is 17.2. The van der Waals surface area contributed by atoms with Gasteiger partial charge in [0.1, 0.15) is 0 Å². The molecular weight excluding hydrogens is 332 g/mol. The molecular formula is C19H20N4OS. The molecule has 2 heterocycles. The minimum absolute atomic E-state index is 0.0498. The van der Waals surface area contributed by atoms with Gasteiger partial charge in [-0.15, -0.1) is 11.8 Å². The van der Waals surface area contributed by atoms with E-state index in [9.17, 15) is 4.79 Å². The number of pyridine rings is 1. The van der Waals surface area contributed by atoms with E-state index in [1.807, 2.05) is 63.2 Å². The lowest BCUT2D eigenvalue weighted by Gasteiger charge is -2.07. The molecule has 128 valence electrons. The second-order valence-corrected chi connectivity index (χ2v) is 6.94. The molecule has 0 fully saturated rings.